The lowest BCUT2D eigenvalue weighted by molar-refractivity contribution is 1.05. The minimum atomic E-state index is 1.11. The molecular formula is C10H14N2. The Labute approximate surface area is 73.0 Å². The van der Waals surface area contributed by atoms with Crippen molar-refractivity contribution in [3.05, 3.63) is 41.8 Å². The van der Waals surface area contributed by atoms with Crippen LogP contribution in [0.3, 0.4) is 0 Å². The second-order valence-electron chi connectivity index (χ2n) is 2.83. The summed E-state index contributed by atoms with van der Waals surface area (Å²) < 4.78 is 0. The van der Waals surface area contributed by atoms with Gasteiger partial charge in [-0.25, -0.2) is 0 Å². The van der Waals surface area contributed by atoms with Crippen LogP contribution in [0.25, 0.3) is 0 Å². The van der Waals surface area contributed by atoms with Crippen molar-refractivity contribution >= 4 is 0 Å². The van der Waals surface area contributed by atoms with Crippen molar-refractivity contribution in [2.75, 3.05) is 0 Å². The average molecular weight is 162 g/mol. The summed E-state index contributed by atoms with van der Waals surface area (Å²) in [7, 11) is 0. The molecule has 2 nitrogen and oxygen atoms in total. The van der Waals surface area contributed by atoms with E-state index in [1.54, 1.807) is 6.20 Å². The van der Waals surface area contributed by atoms with Gasteiger partial charge >= 0.3 is 0 Å². The number of rotatable bonds is 0. The average Bonchev–Trinajstić information content (AvgIpc) is 2.63. The first-order chi connectivity index (χ1) is 5.79. The lowest BCUT2D eigenvalue weighted by atomic mass is 10.3. The zero-order chi connectivity index (χ0) is 8.81. The third-order valence-corrected chi connectivity index (χ3v) is 1.60. The van der Waals surface area contributed by atoms with E-state index < -0.39 is 0 Å². The number of aryl methyl sites for hydroxylation is 1. The molecule has 0 spiro atoms. The first kappa shape index (κ1) is 8.78. The van der Waals surface area contributed by atoms with Crippen molar-refractivity contribution in [3.63, 3.8) is 0 Å². The Hall–Kier alpha value is -1.31. The number of allylic oxidation sites excluding steroid dienone is 4. The van der Waals surface area contributed by atoms with Crippen molar-refractivity contribution in [3.8, 4) is 0 Å². The van der Waals surface area contributed by atoms with Crippen LogP contribution in [0, 0.1) is 6.92 Å². The van der Waals surface area contributed by atoms with Gasteiger partial charge in [-0.2, -0.15) is 5.10 Å². The molecule has 0 bridgehead atoms. The van der Waals surface area contributed by atoms with Gasteiger partial charge < -0.3 is 0 Å². The van der Waals surface area contributed by atoms with Crippen LogP contribution < -0.4 is 0 Å². The van der Waals surface area contributed by atoms with Crippen LogP contribution in [0.1, 0.15) is 19.0 Å². The number of hydrogen-bond acceptors (Lipinski definition) is 1. The van der Waals surface area contributed by atoms with Gasteiger partial charge in [0.05, 0.1) is 0 Å². The lowest BCUT2D eigenvalue weighted by Crippen LogP contribution is -1.65. The highest BCUT2D eigenvalue weighted by molar-refractivity contribution is 5.23. The van der Waals surface area contributed by atoms with Crippen molar-refractivity contribution in [2.45, 2.75) is 20.3 Å². The Bertz CT molecular complexity index is 265. The Kier molecular flexibility index (Phi) is 3.33. The molecule has 1 N–H and O–H groups in total. The van der Waals surface area contributed by atoms with Crippen LogP contribution in [0.4, 0.5) is 0 Å². The molecule has 1 aromatic rings. The van der Waals surface area contributed by atoms with Crippen molar-refractivity contribution in [1.29, 1.82) is 0 Å². The summed E-state index contributed by atoms with van der Waals surface area (Å²) in [5.74, 6) is 0. The van der Waals surface area contributed by atoms with Gasteiger partial charge in [0.25, 0.3) is 0 Å². The third kappa shape index (κ3) is 3.19. The van der Waals surface area contributed by atoms with E-state index in [-0.39, 0.29) is 0 Å². The quantitative estimate of drug-likeness (QED) is 0.624. The molecule has 0 amide bonds. The van der Waals surface area contributed by atoms with Crippen LogP contribution in [-0.4, -0.2) is 10.2 Å². The van der Waals surface area contributed by atoms with E-state index in [1.165, 1.54) is 5.57 Å². The molecule has 64 valence electrons. The molecule has 0 radical (unpaired) electrons. The van der Waals surface area contributed by atoms with Crippen molar-refractivity contribution in [2.24, 2.45) is 0 Å². The predicted octanol–water partition coefficient (Wildman–Crippen LogP) is 2.61. The molecule has 0 aliphatic heterocycles. The van der Waals surface area contributed by atoms with E-state index >= 15 is 0 Å². The molecule has 0 aromatic carbocycles. The normalized spacial score (nSPS) is 13.7. The Morgan fingerprint density at radius 2 is 2.25 bits per heavy atom. The van der Waals surface area contributed by atoms with Crippen molar-refractivity contribution in [1.82, 2.24) is 10.2 Å². The fourth-order valence-electron chi connectivity index (χ4n) is 0.901. The Balaban J connectivity index is 0.000000120. The highest BCUT2D eigenvalue weighted by Crippen LogP contribution is 2.05. The van der Waals surface area contributed by atoms with Crippen LogP contribution in [0.15, 0.2) is 36.1 Å². The maximum absolute atomic E-state index is 3.70. The summed E-state index contributed by atoms with van der Waals surface area (Å²) in [6.45, 7) is 4.08. The van der Waals surface area contributed by atoms with E-state index in [0.717, 1.165) is 12.1 Å². The molecule has 0 atom stereocenters. The minimum absolute atomic E-state index is 1.11. The van der Waals surface area contributed by atoms with E-state index in [2.05, 4.69) is 35.3 Å². The summed E-state index contributed by atoms with van der Waals surface area (Å²) >= 11 is 0. The molecule has 1 aliphatic carbocycles. The van der Waals surface area contributed by atoms with Gasteiger partial charge in [0.2, 0.25) is 0 Å². The molecule has 2 rings (SSSR count). The first-order valence-electron chi connectivity index (χ1n) is 4.08. The summed E-state index contributed by atoms with van der Waals surface area (Å²) in [5.41, 5.74) is 2.50. The molecule has 12 heavy (non-hydrogen) atoms. The molecule has 0 fully saturated rings. The minimum Gasteiger partial charge on any atom is -0.283 e. The number of nitrogens with zero attached hydrogens (tertiary/aromatic N) is 1. The fourth-order valence-corrected chi connectivity index (χ4v) is 0.901. The lowest BCUT2D eigenvalue weighted by Gasteiger charge is -1.72. The maximum Gasteiger partial charge on any atom is 0.0489 e. The number of nitrogens with one attached hydrogen (secondary N) is 1. The van der Waals surface area contributed by atoms with E-state index in [9.17, 15) is 0 Å². The summed E-state index contributed by atoms with van der Waals surface area (Å²) in [5, 5.41) is 6.45. The van der Waals surface area contributed by atoms with E-state index in [4.69, 9.17) is 0 Å². The van der Waals surface area contributed by atoms with Crippen LogP contribution in [0.5, 0.6) is 0 Å². The van der Waals surface area contributed by atoms with Gasteiger partial charge in [-0.05, 0) is 26.3 Å². The summed E-state index contributed by atoms with van der Waals surface area (Å²) in [6, 6.07) is 1.92. The fraction of sp³-hybridized carbons (Fsp3) is 0.300. The second-order valence-corrected chi connectivity index (χ2v) is 2.83. The maximum atomic E-state index is 3.70. The topological polar surface area (TPSA) is 28.7 Å². The smallest absolute Gasteiger partial charge is 0.0489 e. The van der Waals surface area contributed by atoms with Crippen LogP contribution in [0.2, 0.25) is 0 Å². The number of aromatic nitrogens is 2. The zero-order valence-electron chi connectivity index (χ0n) is 7.54. The second kappa shape index (κ2) is 4.54. The highest BCUT2D eigenvalue weighted by atomic mass is 15.1. The molecule has 1 heterocycles. The molecule has 0 saturated carbocycles. The zero-order valence-corrected chi connectivity index (χ0v) is 7.54. The Morgan fingerprint density at radius 3 is 2.42 bits per heavy atom. The molecule has 0 saturated heterocycles. The van der Waals surface area contributed by atoms with E-state index in [1.807, 2.05) is 13.0 Å². The van der Waals surface area contributed by atoms with Gasteiger partial charge in [0.15, 0.2) is 0 Å². The number of H-pyrrole nitrogens is 1. The van der Waals surface area contributed by atoms with Gasteiger partial charge in [0, 0.05) is 11.9 Å². The molecule has 1 aromatic heterocycles. The SMILES string of the molecule is CC1=CCC=C1.Cc1ccn[nH]1. The molecule has 0 unspecified atom stereocenters. The standard InChI is InChI=1S/C6H8.C4H6N2/c1-6-4-2-3-5-6;1-4-2-3-5-6-4/h2,4-5H,3H2,1H3;2-3H,1H3,(H,5,6). The molecular weight excluding hydrogens is 148 g/mol. The number of aromatic amines is 1. The first-order valence-corrected chi connectivity index (χ1v) is 4.08. The van der Waals surface area contributed by atoms with Gasteiger partial charge in [-0.3, -0.25) is 5.10 Å². The summed E-state index contributed by atoms with van der Waals surface area (Å²) in [6.07, 6.45) is 9.39. The van der Waals surface area contributed by atoms with Crippen LogP contribution >= 0.6 is 0 Å². The van der Waals surface area contributed by atoms with Crippen molar-refractivity contribution < 1.29 is 0 Å². The molecule has 2 heteroatoms. The Morgan fingerprint density at radius 1 is 1.42 bits per heavy atom. The number of hydrogen-bond donors (Lipinski definition) is 1. The largest absolute Gasteiger partial charge is 0.283 e. The van der Waals surface area contributed by atoms with E-state index in [0.29, 0.717) is 0 Å². The molecule has 1 aliphatic rings. The monoisotopic (exact) mass is 162 g/mol. The highest BCUT2D eigenvalue weighted by Gasteiger charge is 1.84. The van der Waals surface area contributed by atoms with Gasteiger partial charge in [-0.15, -0.1) is 0 Å². The van der Waals surface area contributed by atoms with Gasteiger partial charge in [-0.1, -0.05) is 23.8 Å². The predicted molar refractivity (Wildman–Crippen MR) is 50.8 cm³/mol. The summed E-state index contributed by atoms with van der Waals surface area (Å²) in [4.78, 5) is 0. The third-order valence-electron chi connectivity index (χ3n) is 1.60. The van der Waals surface area contributed by atoms with Gasteiger partial charge in [0.1, 0.15) is 0 Å². The van der Waals surface area contributed by atoms with Crippen LogP contribution in [-0.2, 0) is 0 Å².